The zero-order chi connectivity index (χ0) is 26.9. The number of hydrogen-bond donors (Lipinski definition) is 0. The van der Waals surface area contributed by atoms with E-state index in [1.165, 1.54) is 23.1 Å². The Hall–Kier alpha value is -3.81. The Morgan fingerprint density at radius 1 is 1.03 bits per heavy atom. The van der Waals surface area contributed by atoms with Crippen LogP contribution in [0.15, 0.2) is 59.0 Å². The van der Waals surface area contributed by atoms with Crippen LogP contribution in [0.2, 0.25) is 0 Å². The lowest BCUT2D eigenvalue weighted by molar-refractivity contribution is -0.133. The van der Waals surface area contributed by atoms with Gasteiger partial charge in [-0.15, -0.1) is 0 Å². The molecule has 0 N–H and O–H groups in total. The minimum Gasteiger partial charge on any atom is -0.493 e. The van der Waals surface area contributed by atoms with Crippen molar-refractivity contribution in [3.05, 3.63) is 83.1 Å². The van der Waals surface area contributed by atoms with E-state index in [4.69, 9.17) is 13.9 Å². The van der Waals surface area contributed by atoms with Gasteiger partial charge in [0, 0.05) is 12.6 Å². The third-order valence-electron chi connectivity index (χ3n) is 6.41. The molecular formula is C29H35FN2O5. The zero-order valence-electron chi connectivity index (χ0n) is 22.1. The van der Waals surface area contributed by atoms with E-state index in [1.54, 1.807) is 25.2 Å². The van der Waals surface area contributed by atoms with Crippen LogP contribution in [0.5, 0.6) is 11.5 Å². The SMILES string of the molecule is CC[C@@H](C)N(CC(=O)N(CCc1ccc(OC)c(OC)c1)Cc1ccc(C)o1)C(=O)c1ccccc1F. The molecule has 7 nitrogen and oxygen atoms in total. The minimum absolute atomic E-state index is 0.0471. The van der Waals surface area contributed by atoms with E-state index in [0.29, 0.717) is 36.6 Å². The number of furan rings is 1. The molecule has 0 spiro atoms. The fraction of sp³-hybridized carbons (Fsp3) is 0.379. The van der Waals surface area contributed by atoms with Crippen molar-refractivity contribution in [1.29, 1.82) is 0 Å². The molecule has 1 aromatic heterocycles. The molecule has 2 amide bonds. The van der Waals surface area contributed by atoms with Crippen molar-refractivity contribution in [3.63, 3.8) is 0 Å². The van der Waals surface area contributed by atoms with Gasteiger partial charge in [-0.3, -0.25) is 9.59 Å². The maximum atomic E-state index is 14.4. The second kappa shape index (κ2) is 12.9. The largest absolute Gasteiger partial charge is 0.493 e. The summed E-state index contributed by atoms with van der Waals surface area (Å²) in [5.41, 5.74) is 0.918. The second-order valence-corrected chi connectivity index (χ2v) is 8.94. The Morgan fingerprint density at radius 3 is 2.38 bits per heavy atom. The van der Waals surface area contributed by atoms with Gasteiger partial charge in [0.25, 0.3) is 5.91 Å². The molecule has 8 heteroatoms. The highest BCUT2D eigenvalue weighted by atomic mass is 19.1. The number of ether oxygens (including phenoxy) is 2. The average Bonchev–Trinajstić information content (AvgIpc) is 3.33. The third kappa shape index (κ3) is 7.12. The van der Waals surface area contributed by atoms with Crippen LogP contribution in [-0.4, -0.2) is 55.0 Å². The fourth-order valence-corrected chi connectivity index (χ4v) is 4.03. The van der Waals surface area contributed by atoms with Crippen LogP contribution in [0.25, 0.3) is 0 Å². The molecule has 1 heterocycles. The summed E-state index contributed by atoms with van der Waals surface area (Å²) in [6.07, 6.45) is 1.17. The lowest BCUT2D eigenvalue weighted by Gasteiger charge is -2.31. The van der Waals surface area contributed by atoms with E-state index in [2.05, 4.69) is 0 Å². The Labute approximate surface area is 217 Å². The zero-order valence-corrected chi connectivity index (χ0v) is 22.1. The predicted molar refractivity (Wildman–Crippen MR) is 139 cm³/mol. The summed E-state index contributed by atoms with van der Waals surface area (Å²) >= 11 is 0. The van der Waals surface area contributed by atoms with Gasteiger partial charge in [-0.2, -0.15) is 0 Å². The van der Waals surface area contributed by atoms with Gasteiger partial charge < -0.3 is 23.7 Å². The van der Waals surface area contributed by atoms with Gasteiger partial charge in [-0.25, -0.2) is 4.39 Å². The summed E-state index contributed by atoms with van der Waals surface area (Å²) in [5.74, 6) is 1.27. The summed E-state index contributed by atoms with van der Waals surface area (Å²) in [5, 5.41) is 0. The highest BCUT2D eigenvalue weighted by Gasteiger charge is 2.27. The number of carbonyl (C=O) groups is 2. The third-order valence-corrected chi connectivity index (χ3v) is 6.41. The molecular weight excluding hydrogens is 475 g/mol. The number of carbonyl (C=O) groups excluding carboxylic acids is 2. The molecule has 198 valence electrons. The topological polar surface area (TPSA) is 72.2 Å². The quantitative estimate of drug-likeness (QED) is 0.333. The van der Waals surface area contributed by atoms with Crippen LogP contribution in [0.1, 0.15) is 47.7 Å². The van der Waals surface area contributed by atoms with Crippen molar-refractivity contribution in [2.45, 2.75) is 46.2 Å². The fourth-order valence-electron chi connectivity index (χ4n) is 4.03. The molecule has 0 saturated carbocycles. The highest BCUT2D eigenvalue weighted by Crippen LogP contribution is 2.28. The minimum atomic E-state index is -0.607. The molecule has 0 bridgehead atoms. The average molecular weight is 511 g/mol. The first-order valence-corrected chi connectivity index (χ1v) is 12.4. The Kier molecular flexibility index (Phi) is 9.71. The Balaban J connectivity index is 1.83. The monoisotopic (exact) mass is 510 g/mol. The van der Waals surface area contributed by atoms with E-state index in [1.807, 2.05) is 51.1 Å². The molecule has 0 aliphatic rings. The Bertz CT molecular complexity index is 1210. The Morgan fingerprint density at radius 2 is 1.76 bits per heavy atom. The molecule has 37 heavy (non-hydrogen) atoms. The second-order valence-electron chi connectivity index (χ2n) is 8.94. The van der Waals surface area contributed by atoms with Gasteiger partial charge >= 0.3 is 0 Å². The van der Waals surface area contributed by atoms with Gasteiger partial charge in [0.15, 0.2) is 11.5 Å². The molecule has 0 unspecified atom stereocenters. The standard InChI is InChI=1S/C29H35FN2O5/c1-6-20(2)32(29(34)24-9-7-8-10-25(24)30)19-28(33)31(18-23-13-11-21(3)37-23)16-15-22-12-14-26(35-4)27(17-22)36-5/h7-14,17,20H,6,15-16,18-19H2,1-5H3/t20-/m1/s1. The summed E-state index contributed by atoms with van der Waals surface area (Å²) in [4.78, 5) is 30.0. The molecule has 1 atom stereocenters. The van der Waals surface area contributed by atoms with Gasteiger partial charge in [-0.05, 0) is 68.7 Å². The van der Waals surface area contributed by atoms with Crippen LogP contribution < -0.4 is 9.47 Å². The van der Waals surface area contributed by atoms with E-state index in [-0.39, 0.29) is 30.6 Å². The predicted octanol–water partition coefficient (Wildman–Crippen LogP) is 5.26. The van der Waals surface area contributed by atoms with Crippen LogP contribution in [0, 0.1) is 12.7 Å². The molecule has 3 aromatic rings. The van der Waals surface area contributed by atoms with E-state index >= 15 is 0 Å². The van der Waals surface area contributed by atoms with Gasteiger partial charge in [-0.1, -0.05) is 25.1 Å². The molecule has 0 radical (unpaired) electrons. The summed E-state index contributed by atoms with van der Waals surface area (Å²) < 4.78 is 30.8. The summed E-state index contributed by atoms with van der Waals surface area (Å²) in [7, 11) is 3.15. The van der Waals surface area contributed by atoms with Crippen molar-refractivity contribution in [1.82, 2.24) is 9.80 Å². The first-order valence-electron chi connectivity index (χ1n) is 12.4. The van der Waals surface area contributed by atoms with Crippen molar-refractivity contribution in [2.24, 2.45) is 0 Å². The lowest BCUT2D eigenvalue weighted by Crippen LogP contribution is -2.47. The van der Waals surface area contributed by atoms with Crippen LogP contribution in [0.4, 0.5) is 4.39 Å². The summed E-state index contributed by atoms with van der Waals surface area (Å²) in [6, 6.07) is 14.9. The van der Waals surface area contributed by atoms with Gasteiger partial charge in [0.1, 0.15) is 23.9 Å². The van der Waals surface area contributed by atoms with E-state index in [9.17, 15) is 14.0 Å². The van der Waals surface area contributed by atoms with Crippen LogP contribution in [-0.2, 0) is 17.8 Å². The number of benzene rings is 2. The number of halogens is 1. The smallest absolute Gasteiger partial charge is 0.257 e. The maximum absolute atomic E-state index is 14.4. The molecule has 3 rings (SSSR count). The maximum Gasteiger partial charge on any atom is 0.257 e. The van der Waals surface area contributed by atoms with E-state index in [0.717, 1.165) is 11.3 Å². The van der Waals surface area contributed by atoms with Crippen molar-refractivity contribution < 1.29 is 27.9 Å². The first kappa shape index (κ1) is 27.8. The lowest BCUT2D eigenvalue weighted by atomic mass is 10.1. The number of hydrogen-bond acceptors (Lipinski definition) is 5. The summed E-state index contributed by atoms with van der Waals surface area (Å²) in [6.45, 7) is 6.09. The van der Waals surface area contributed by atoms with Crippen molar-refractivity contribution >= 4 is 11.8 Å². The van der Waals surface area contributed by atoms with Crippen LogP contribution in [0.3, 0.4) is 0 Å². The van der Waals surface area contributed by atoms with E-state index < -0.39 is 11.7 Å². The van der Waals surface area contributed by atoms with Gasteiger partial charge in [0.2, 0.25) is 5.91 Å². The molecule has 0 aliphatic heterocycles. The van der Waals surface area contributed by atoms with Gasteiger partial charge in [0.05, 0.1) is 26.3 Å². The number of rotatable bonds is 12. The molecule has 2 aromatic carbocycles. The number of nitrogens with zero attached hydrogens (tertiary/aromatic N) is 2. The number of aryl methyl sites for hydroxylation is 1. The van der Waals surface area contributed by atoms with Crippen molar-refractivity contribution in [2.75, 3.05) is 27.3 Å². The van der Waals surface area contributed by atoms with Crippen LogP contribution >= 0.6 is 0 Å². The molecule has 0 aliphatic carbocycles. The molecule has 0 fully saturated rings. The number of amides is 2. The normalized spacial score (nSPS) is 11.6. The van der Waals surface area contributed by atoms with Crippen molar-refractivity contribution in [3.8, 4) is 11.5 Å². The first-order chi connectivity index (χ1) is 17.8. The highest BCUT2D eigenvalue weighted by molar-refractivity contribution is 5.97. The number of methoxy groups -OCH3 is 2. The molecule has 0 saturated heterocycles.